The summed E-state index contributed by atoms with van der Waals surface area (Å²) in [5, 5.41) is 3.75. The van der Waals surface area contributed by atoms with Crippen LogP contribution >= 0.6 is 27.7 Å². The fourth-order valence-corrected chi connectivity index (χ4v) is 3.92. The van der Waals surface area contributed by atoms with Crippen molar-refractivity contribution in [1.82, 2.24) is 9.55 Å². The number of thioether (sulfide) groups is 1. The van der Waals surface area contributed by atoms with E-state index in [1.807, 2.05) is 55.5 Å². The first kappa shape index (κ1) is 17.8. The molecule has 0 bridgehead atoms. The second-order valence-electron chi connectivity index (χ2n) is 5.60. The molecule has 2 aromatic carbocycles. The Labute approximate surface area is 159 Å². The van der Waals surface area contributed by atoms with Crippen LogP contribution in [0.15, 0.2) is 64.7 Å². The van der Waals surface area contributed by atoms with Gasteiger partial charge in [0.15, 0.2) is 5.16 Å². The Kier molecular flexibility index (Phi) is 5.60. The average Bonchev–Trinajstić information content (AvgIpc) is 2.94. The molecule has 0 saturated carbocycles. The predicted molar refractivity (Wildman–Crippen MR) is 108 cm³/mol. The summed E-state index contributed by atoms with van der Waals surface area (Å²) in [7, 11) is 0. The number of anilines is 1. The van der Waals surface area contributed by atoms with Gasteiger partial charge in [-0.05, 0) is 52.7 Å². The van der Waals surface area contributed by atoms with Crippen LogP contribution in [0.3, 0.4) is 0 Å². The Bertz CT molecular complexity index is 936. The Hall–Kier alpha value is -2.05. The van der Waals surface area contributed by atoms with Gasteiger partial charge < -0.3 is 9.88 Å². The van der Waals surface area contributed by atoms with E-state index in [9.17, 15) is 4.79 Å². The number of nitrogens with zero attached hydrogens (tertiary/aromatic N) is 2. The second kappa shape index (κ2) is 7.89. The number of hydrogen-bond acceptors (Lipinski definition) is 3. The third-order valence-electron chi connectivity index (χ3n) is 3.66. The number of allylic oxidation sites excluding steroid dienone is 1. The first-order valence-corrected chi connectivity index (χ1v) is 9.61. The zero-order valence-corrected chi connectivity index (χ0v) is 16.2. The third kappa shape index (κ3) is 4.14. The highest BCUT2D eigenvalue weighted by molar-refractivity contribution is 9.10. The second-order valence-corrected chi connectivity index (χ2v) is 7.40. The lowest BCUT2D eigenvalue weighted by Crippen LogP contribution is -2.15. The fraction of sp³-hybridized carbons (Fsp3) is 0.158. The molecule has 0 saturated heterocycles. The molecule has 1 heterocycles. The normalized spacial score (nSPS) is 10.8. The highest BCUT2D eigenvalue weighted by Gasteiger charge is 2.13. The molecular formula is C19H18BrN3OS. The van der Waals surface area contributed by atoms with E-state index in [0.717, 1.165) is 31.9 Å². The minimum atomic E-state index is -0.0632. The van der Waals surface area contributed by atoms with Crippen LogP contribution in [0.25, 0.3) is 11.0 Å². The lowest BCUT2D eigenvalue weighted by atomic mass is 10.2. The maximum Gasteiger partial charge on any atom is 0.234 e. The smallest absolute Gasteiger partial charge is 0.234 e. The van der Waals surface area contributed by atoms with Crippen LogP contribution in [-0.4, -0.2) is 21.2 Å². The summed E-state index contributed by atoms with van der Waals surface area (Å²) in [5.74, 6) is 0.229. The van der Waals surface area contributed by atoms with Crippen molar-refractivity contribution in [3.05, 3.63) is 65.2 Å². The van der Waals surface area contributed by atoms with Crippen LogP contribution < -0.4 is 5.32 Å². The average molecular weight is 416 g/mol. The van der Waals surface area contributed by atoms with Gasteiger partial charge in [0.05, 0.1) is 22.5 Å². The molecule has 128 valence electrons. The van der Waals surface area contributed by atoms with Crippen LogP contribution in [-0.2, 0) is 11.3 Å². The Balaban J connectivity index is 1.72. The molecule has 25 heavy (non-hydrogen) atoms. The molecule has 6 heteroatoms. The topological polar surface area (TPSA) is 46.9 Å². The number of hydrogen-bond donors (Lipinski definition) is 1. The molecule has 0 aliphatic carbocycles. The van der Waals surface area contributed by atoms with E-state index in [1.165, 1.54) is 11.8 Å². The Morgan fingerprint density at radius 3 is 2.92 bits per heavy atom. The van der Waals surface area contributed by atoms with Crippen LogP contribution in [0.1, 0.15) is 5.56 Å². The van der Waals surface area contributed by atoms with Gasteiger partial charge in [0.25, 0.3) is 0 Å². The van der Waals surface area contributed by atoms with E-state index >= 15 is 0 Å². The number of rotatable bonds is 6. The molecule has 0 unspecified atom stereocenters. The standard InChI is InChI=1S/C19H18BrN3OS/c1-3-10-23-17-7-5-4-6-16(17)22-19(23)25-12-18(24)21-15-9-8-13(2)11-14(15)20/h3-9,11H,1,10,12H2,2H3,(H,21,24). The van der Waals surface area contributed by atoms with Gasteiger partial charge in [0, 0.05) is 11.0 Å². The minimum Gasteiger partial charge on any atom is -0.324 e. The Morgan fingerprint density at radius 2 is 2.16 bits per heavy atom. The molecule has 1 amide bonds. The molecule has 0 aliphatic heterocycles. The quantitative estimate of drug-likeness (QED) is 0.453. The summed E-state index contributed by atoms with van der Waals surface area (Å²) < 4.78 is 2.95. The summed E-state index contributed by atoms with van der Waals surface area (Å²) in [4.78, 5) is 16.9. The molecule has 1 N–H and O–H groups in total. The maximum absolute atomic E-state index is 12.3. The number of carbonyl (C=O) groups excluding carboxylic acids is 1. The molecule has 3 rings (SSSR count). The third-order valence-corrected chi connectivity index (χ3v) is 5.29. The highest BCUT2D eigenvalue weighted by atomic mass is 79.9. The van der Waals surface area contributed by atoms with Gasteiger partial charge in [-0.25, -0.2) is 4.98 Å². The molecule has 0 fully saturated rings. The molecule has 0 aliphatic rings. The van der Waals surface area contributed by atoms with Crippen LogP contribution in [0.2, 0.25) is 0 Å². The van der Waals surface area contributed by atoms with Crippen LogP contribution in [0, 0.1) is 6.92 Å². The summed E-state index contributed by atoms with van der Waals surface area (Å²) in [6, 6.07) is 13.8. The van der Waals surface area contributed by atoms with Gasteiger partial charge in [0.1, 0.15) is 0 Å². The van der Waals surface area contributed by atoms with Crippen molar-refractivity contribution in [1.29, 1.82) is 0 Å². The summed E-state index contributed by atoms with van der Waals surface area (Å²) in [6.45, 7) is 6.48. The van der Waals surface area contributed by atoms with E-state index in [4.69, 9.17) is 0 Å². The van der Waals surface area contributed by atoms with Crippen molar-refractivity contribution < 1.29 is 4.79 Å². The van der Waals surface area contributed by atoms with Gasteiger partial charge in [0.2, 0.25) is 5.91 Å². The number of benzene rings is 2. The lowest BCUT2D eigenvalue weighted by molar-refractivity contribution is -0.113. The van der Waals surface area contributed by atoms with Crippen molar-refractivity contribution in [3.8, 4) is 0 Å². The lowest BCUT2D eigenvalue weighted by Gasteiger charge is -2.09. The number of fused-ring (bicyclic) bond motifs is 1. The van der Waals surface area contributed by atoms with E-state index < -0.39 is 0 Å². The van der Waals surface area contributed by atoms with Crippen molar-refractivity contribution in [2.45, 2.75) is 18.6 Å². The zero-order valence-electron chi connectivity index (χ0n) is 13.8. The number of nitrogens with one attached hydrogen (secondary N) is 1. The largest absolute Gasteiger partial charge is 0.324 e. The van der Waals surface area contributed by atoms with Gasteiger partial charge in [-0.3, -0.25) is 4.79 Å². The first-order valence-electron chi connectivity index (χ1n) is 7.83. The van der Waals surface area contributed by atoms with Crippen LogP contribution in [0.5, 0.6) is 0 Å². The number of carbonyl (C=O) groups is 1. The first-order chi connectivity index (χ1) is 12.1. The van der Waals surface area contributed by atoms with Gasteiger partial charge in [-0.15, -0.1) is 6.58 Å². The van der Waals surface area contributed by atoms with Crippen molar-refractivity contribution in [2.24, 2.45) is 0 Å². The number of halogens is 1. The summed E-state index contributed by atoms with van der Waals surface area (Å²) in [5.41, 5.74) is 3.88. The van der Waals surface area contributed by atoms with E-state index in [2.05, 4.69) is 37.4 Å². The number of aromatic nitrogens is 2. The van der Waals surface area contributed by atoms with E-state index in [1.54, 1.807) is 0 Å². The summed E-state index contributed by atoms with van der Waals surface area (Å²) in [6.07, 6.45) is 1.83. The Morgan fingerprint density at radius 1 is 1.36 bits per heavy atom. The van der Waals surface area contributed by atoms with Gasteiger partial charge in [-0.1, -0.05) is 36.0 Å². The molecule has 0 radical (unpaired) electrons. The molecular weight excluding hydrogens is 398 g/mol. The van der Waals surface area contributed by atoms with Crippen molar-refractivity contribution in [3.63, 3.8) is 0 Å². The van der Waals surface area contributed by atoms with Crippen LogP contribution in [0.4, 0.5) is 5.69 Å². The van der Waals surface area contributed by atoms with Gasteiger partial charge in [-0.2, -0.15) is 0 Å². The number of amides is 1. The molecule has 4 nitrogen and oxygen atoms in total. The SMILES string of the molecule is C=CCn1c(SCC(=O)Nc2ccc(C)cc2Br)nc2ccccc21. The molecule has 0 atom stereocenters. The van der Waals surface area contributed by atoms with Gasteiger partial charge >= 0.3 is 0 Å². The summed E-state index contributed by atoms with van der Waals surface area (Å²) >= 11 is 4.90. The predicted octanol–water partition coefficient (Wildman–Crippen LogP) is 5.02. The molecule has 0 spiro atoms. The maximum atomic E-state index is 12.3. The monoisotopic (exact) mass is 415 g/mol. The van der Waals surface area contributed by atoms with E-state index in [-0.39, 0.29) is 5.91 Å². The number of imidazole rings is 1. The molecule has 1 aromatic heterocycles. The zero-order chi connectivity index (χ0) is 17.8. The fourth-order valence-electron chi connectivity index (χ4n) is 2.51. The van der Waals surface area contributed by atoms with Crippen molar-refractivity contribution >= 4 is 50.3 Å². The highest BCUT2D eigenvalue weighted by Crippen LogP contribution is 2.26. The minimum absolute atomic E-state index is 0.0632. The van der Waals surface area contributed by atoms with Crippen molar-refractivity contribution in [2.75, 3.05) is 11.1 Å². The van der Waals surface area contributed by atoms with E-state index in [0.29, 0.717) is 12.3 Å². The number of aryl methyl sites for hydroxylation is 1. The number of para-hydroxylation sites is 2. The molecule has 3 aromatic rings.